The predicted octanol–water partition coefficient (Wildman–Crippen LogP) is 2.87. The minimum atomic E-state index is -4.94. The first kappa shape index (κ1) is 24.7. The van der Waals surface area contributed by atoms with Crippen LogP contribution < -0.4 is 11.2 Å². The lowest BCUT2D eigenvalue weighted by Crippen LogP contribution is -2.36. The summed E-state index contributed by atoms with van der Waals surface area (Å²) in [5, 5.41) is 0.218. The smallest absolute Gasteiger partial charge is 0.423 e. The van der Waals surface area contributed by atoms with Gasteiger partial charge in [0, 0.05) is 18.2 Å². The largest absolute Gasteiger partial charge is 0.480 e. The van der Waals surface area contributed by atoms with Crippen molar-refractivity contribution in [3.63, 3.8) is 0 Å². The van der Waals surface area contributed by atoms with Gasteiger partial charge in [-0.2, -0.15) is 13.2 Å². The summed E-state index contributed by atoms with van der Waals surface area (Å²) < 4.78 is 57.1. The summed E-state index contributed by atoms with van der Waals surface area (Å²) in [4.78, 5) is 25.4. The minimum Gasteiger partial charge on any atom is -0.480 e. The van der Waals surface area contributed by atoms with Gasteiger partial charge >= 0.3 is 11.9 Å². The van der Waals surface area contributed by atoms with Gasteiger partial charge in [-0.25, -0.2) is 4.79 Å². The topological polar surface area (TPSA) is 82.6 Å². The maximum atomic E-state index is 13.1. The number of alkyl halides is 3. The van der Waals surface area contributed by atoms with Crippen molar-refractivity contribution in [3.05, 3.63) is 67.5 Å². The number of H-pyrrole nitrogens is 1. The van der Waals surface area contributed by atoms with Gasteiger partial charge < -0.3 is 14.2 Å². The number of thiocarbonyl (C=S) groups is 1. The molecule has 3 atom stereocenters. The van der Waals surface area contributed by atoms with Gasteiger partial charge in [0.05, 0.1) is 6.10 Å². The van der Waals surface area contributed by atoms with Crippen LogP contribution in [0.1, 0.15) is 34.9 Å². The normalized spacial score (nSPS) is 20.4. The Kier molecular flexibility index (Phi) is 7.41. The first-order valence-electron chi connectivity index (χ1n) is 9.88. The molecule has 1 aromatic heterocycles. The highest BCUT2D eigenvalue weighted by atomic mass is 32.1. The number of aromatic amines is 1. The Balaban J connectivity index is 1.80. The molecule has 1 aliphatic heterocycles. The highest BCUT2D eigenvalue weighted by molar-refractivity contribution is 7.80. The van der Waals surface area contributed by atoms with Crippen LogP contribution in [-0.2, 0) is 20.4 Å². The summed E-state index contributed by atoms with van der Waals surface area (Å²) in [6.07, 6.45) is -1.84. The van der Waals surface area contributed by atoms with Crippen molar-refractivity contribution in [2.24, 2.45) is 0 Å². The maximum Gasteiger partial charge on any atom is 0.423 e. The summed E-state index contributed by atoms with van der Waals surface area (Å²) in [5.41, 5.74) is -1.37. The summed E-state index contributed by atoms with van der Waals surface area (Å²) in [6.45, 7) is 3.68. The van der Waals surface area contributed by atoms with E-state index in [2.05, 4.69) is 5.92 Å². The Bertz CT molecular complexity index is 1200. The Labute approximate surface area is 192 Å². The number of nitrogens with one attached hydrogen (secondary N) is 1. The Hall–Kier alpha value is -2.94. The average Bonchev–Trinajstić information content (AvgIpc) is 3.12. The first-order valence-corrected chi connectivity index (χ1v) is 10.3. The zero-order valence-corrected chi connectivity index (χ0v) is 18.6. The molecule has 7 nitrogen and oxygen atoms in total. The van der Waals surface area contributed by atoms with Gasteiger partial charge in [0.2, 0.25) is 0 Å². The number of aromatic nitrogens is 2. The molecule has 2 heterocycles. The highest BCUT2D eigenvalue weighted by Gasteiger charge is 2.40. The van der Waals surface area contributed by atoms with Crippen molar-refractivity contribution in [2.45, 2.75) is 44.9 Å². The fourth-order valence-corrected chi connectivity index (χ4v) is 3.83. The lowest BCUT2D eigenvalue weighted by Gasteiger charge is -2.19. The molecule has 0 amide bonds. The molecule has 1 aromatic carbocycles. The zero-order chi connectivity index (χ0) is 24.3. The van der Waals surface area contributed by atoms with E-state index in [0.29, 0.717) is 10.8 Å². The molecule has 176 valence electrons. The number of terminal acetylenes is 1. The van der Waals surface area contributed by atoms with E-state index in [1.165, 1.54) is 0 Å². The van der Waals surface area contributed by atoms with E-state index in [1.54, 1.807) is 4.98 Å². The molecule has 0 aliphatic carbocycles. The quantitative estimate of drug-likeness (QED) is 0.504. The molecule has 0 bridgehead atoms. The third-order valence-corrected chi connectivity index (χ3v) is 5.46. The predicted molar refractivity (Wildman–Crippen MR) is 117 cm³/mol. The fraction of sp³-hybridized carbons (Fsp3) is 0.409. The second-order valence-corrected chi connectivity index (χ2v) is 7.91. The molecule has 1 fully saturated rings. The van der Waals surface area contributed by atoms with E-state index >= 15 is 0 Å². The van der Waals surface area contributed by atoms with Crippen LogP contribution in [-0.4, -0.2) is 40.0 Å². The van der Waals surface area contributed by atoms with Crippen LogP contribution in [0.4, 0.5) is 13.2 Å². The molecular weight excluding hydrogens is 461 g/mol. The van der Waals surface area contributed by atoms with E-state index in [0.717, 1.165) is 16.7 Å². The van der Waals surface area contributed by atoms with Crippen molar-refractivity contribution in [3.8, 4) is 12.3 Å². The molecule has 1 saturated heterocycles. The van der Waals surface area contributed by atoms with E-state index in [4.69, 9.17) is 32.9 Å². The number of benzene rings is 1. The number of ether oxygens (including phenoxy) is 3. The van der Waals surface area contributed by atoms with Gasteiger partial charge in [0.25, 0.3) is 5.56 Å². The number of aryl methyl sites for hydroxylation is 2. The van der Waals surface area contributed by atoms with Gasteiger partial charge in [-0.3, -0.25) is 14.3 Å². The standard InChI is InChI=1S/C22H21F3N2O5S/c1-4-7-30-16-9-18(27-10-15(22(23,24)25)19(28)26-21(27)29)32-17(16)11-31-20(33)14-6-5-12(2)8-13(14)3/h1,5-6,8,10,16-18H,7,9,11H2,2-3H3,(H,26,28,29)/t16-,17+,18+/m0/s1. The number of rotatable bonds is 6. The van der Waals surface area contributed by atoms with Crippen molar-refractivity contribution < 1.29 is 27.4 Å². The van der Waals surface area contributed by atoms with E-state index in [1.807, 2.05) is 32.0 Å². The lowest BCUT2D eigenvalue weighted by molar-refractivity contribution is -0.139. The molecule has 1 N–H and O–H groups in total. The molecule has 33 heavy (non-hydrogen) atoms. The second kappa shape index (κ2) is 9.91. The Morgan fingerprint density at radius 1 is 1.36 bits per heavy atom. The molecule has 0 unspecified atom stereocenters. The Morgan fingerprint density at radius 2 is 2.09 bits per heavy atom. The number of nitrogens with zero attached hydrogens (tertiary/aromatic N) is 1. The van der Waals surface area contributed by atoms with Gasteiger partial charge in [-0.15, -0.1) is 6.42 Å². The summed E-state index contributed by atoms with van der Waals surface area (Å²) in [6, 6.07) is 5.67. The van der Waals surface area contributed by atoms with E-state index in [9.17, 15) is 22.8 Å². The van der Waals surface area contributed by atoms with Gasteiger partial charge in [-0.1, -0.05) is 23.6 Å². The van der Waals surface area contributed by atoms with Gasteiger partial charge in [0.1, 0.15) is 31.1 Å². The van der Waals surface area contributed by atoms with Crippen LogP contribution >= 0.6 is 12.2 Å². The molecule has 0 radical (unpaired) electrons. The average molecular weight is 482 g/mol. The van der Waals surface area contributed by atoms with Gasteiger partial charge in [-0.05, 0) is 37.7 Å². The lowest BCUT2D eigenvalue weighted by atomic mass is 10.1. The van der Waals surface area contributed by atoms with E-state index < -0.39 is 41.4 Å². The zero-order valence-electron chi connectivity index (χ0n) is 17.8. The van der Waals surface area contributed by atoms with Gasteiger partial charge in [0.15, 0.2) is 5.05 Å². The number of hydrogen-bond donors (Lipinski definition) is 1. The SMILES string of the molecule is C#CCO[C@H]1C[C@H](n2cc(C(F)(F)F)c(=O)[nH]c2=O)O[C@@H]1COC(=S)c1ccc(C)cc1C. The highest BCUT2D eigenvalue weighted by Crippen LogP contribution is 2.32. The molecule has 1 aliphatic rings. The summed E-state index contributed by atoms with van der Waals surface area (Å²) in [5.74, 6) is 2.31. The summed E-state index contributed by atoms with van der Waals surface area (Å²) in [7, 11) is 0. The monoisotopic (exact) mass is 482 g/mol. The summed E-state index contributed by atoms with van der Waals surface area (Å²) >= 11 is 5.36. The van der Waals surface area contributed by atoms with Crippen molar-refractivity contribution >= 4 is 17.3 Å². The van der Waals surface area contributed by atoms with Crippen molar-refractivity contribution in [1.82, 2.24) is 9.55 Å². The van der Waals surface area contributed by atoms with Crippen LogP contribution in [0.25, 0.3) is 0 Å². The van der Waals surface area contributed by atoms with Crippen molar-refractivity contribution in [2.75, 3.05) is 13.2 Å². The van der Waals surface area contributed by atoms with Crippen LogP contribution in [0.5, 0.6) is 0 Å². The maximum absolute atomic E-state index is 13.1. The molecular formula is C22H21F3N2O5S. The molecule has 0 spiro atoms. The van der Waals surface area contributed by atoms with Crippen LogP contribution in [0.15, 0.2) is 34.0 Å². The minimum absolute atomic E-state index is 0.00920. The van der Waals surface area contributed by atoms with Crippen LogP contribution in [0, 0.1) is 26.2 Å². The third kappa shape index (κ3) is 5.71. The number of hydrogen-bond acceptors (Lipinski definition) is 6. The molecule has 3 rings (SSSR count). The molecule has 0 saturated carbocycles. The third-order valence-electron chi connectivity index (χ3n) is 5.13. The first-order chi connectivity index (χ1) is 15.5. The fourth-order valence-electron chi connectivity index (χ4n) is 3.53. The Morgan fingerprint density at radius 3 is 2.73 bits per heavy atom. The molecule has 11 heteroatoms. The van der Waals surface area contributed by atoms with Crippen LogP contribution in [0.2, 0.25) is 0 Å². The second-order valence-electron chi connectivity index (χ2n) is 7.54. The van der Waals surface area contributed by atoms with Crippen LogP contribution in [0.3, 0.4) is 0 Å². The molecule has 2 aromatic rings. The number of halogens is 3. The van der Waals surface area contributed by atoms with E-state index in [-0.39, 0.29) is 24.7 Å². The van der Waals surface area contributed by atoms with Crippen molar-refractivity contribution in [1.29, 1.82) is 0 Å².